The van der Waals surface area contributed by atoms with Crippen molar-refractivity contribution in [1.29, 1.82) is 0 Å². The Hall–Kier alpha value is -1.48. The van der Waals surface area contributed by atoms with Gasteiger partial charge in [0, 0.05) is 37.6 Å². The topological polar surface area (TPSA) is 55.6 Å². The van der Waals surface area contributed by atoms with Crippen LogP contribution in [-0.2, 0) is 25.7 Å². The molecule has 0 radical (unpaired) electrons. The van der Waals surface area contributed by atoms with Gasteiger partial charge in [0.05, 0.1) is 5.69 Å². The highest BCUT2D eigenvalue weighted by molar-refractivity contribution is 7.03. The lowest BCUT2D eigenvalue weighted by Gasteiger charge is -2.23. The van der Waals surface area contributed by atoms with E-state index in [4.69, 9.17) is 0 Å². The average Bonchev–Trinajstić information content (AvgIpc) is 3.05. The van der Waals surface area contributed by atoms with Crippen LogP contribution < -0.4 is 5.32 Å². The van der Waals surface area contributed by atoms with E-state index in [2.05, 4.69) is 19.9 Å². The van der Waals surface area contributed by atoms with E-state index in [0.717, 1.165) is 24.9 Å². The van der Waals surface area contributed by atoms with Crippen LogP contribution in [0.3, 0.4) is 0 Å². The SMILES string of the molecule is FC(F)(F)c1cn2c(n1)CCC(CNCc1csnn1)C2. The summed E-state index contributed by atoms with van der Waals surface area (Å²) in [5.41, 5.74) is 0.0955. The lowest BCUT2D eigenvalue weighted by molar-refractivity contribution is -0.141. The van der Waals surface area contributed by atoms with Gasteiger partial charge in [-0.1, -0.05) is 4.49 Å². The number of hydrogen-bond donors (Lipinski definition) is 1. The molecule has 0 bridgehead atoms. The summed E-state index contributed by atoms with van der Waals surface area (Å²) in [5.74, 6) is 0.835. The fraction of sp³-hybridized carbons (Fsp3) is 0.583. The van der Waals surface area contributed by atoms with Crippen LogP contribution in [0.15, 0.2) is 11.6 Å². The zero-order valence-electron chi connectivity index (χ0n) is 11.1. The van der Waals surface area contributed by atoms with Gasteiger partial charge in [0.25, 0.3) is 0 Å². The van der Waals surface area contributed by atoms with Gasteiger partial charge in [0.2, 0.25) is 0 Å². The van der Waals surface area contributed by atoms with Gasteiger partial charge >= 0.3 is 6.18 Å². The summed E-state index contributed by atoms with van der Waals surface area (Å²) in [7, 11) is 0. The Kier molecular flexibility index (Phi) is 3.94. The number of nitrogens with zero attached hydrogens (tertiary/aromatic N) is 4. The van der Waals surface area contributed by atoms with Gasteiger partial charge in [-0.25, -0.2) is 4.98 Å². The number of aryl methyl sites for hydroxylation is 1. The zero-order chi connectivity index (χ0) is 14.9. The van der Waals surface area contributed by atoms with Gasteiger partial charge in [-0.2, -0.15) is 13.2 Å². The van der Waals surface area contributed by atoms with Crippen molar-refractivity contribution >= 4 is 11.5 Å². The van der Waals surface area contributed by atoms with Crippen molar-refractivity contribution in [2.45, 2.75) is 32.1 Å². The molecule has 2 aromatic rings. The predicted octanol–water partition coefficient (Wildman–Crippen LogP) is 2.11. The van der Waals surface area contributed by atoms with Gasteiger partial charge < -0.3 is 9.88 Å². The van der Waals surface area contributed by atoms with E-state index < -0.39 is 11.9 Å². The van der Waals surface area contributed by atoms with Crippen molar-refractivity contribution in [3.05, 3.63) is 28.8 Å². The third kappa shape index (κ3) is 3.41. The van der Waals surface area contributed by atoms with E-state index in [1.54, 1.807) is 4.57 Å². The lowest BCUT2D eigenvalue weighted by Crippen LogP contribution is -2.29. The number of halogens is 3. The molecule has 2 aromatic heterocycles. The van der Waals surface area contributed by atoms with Crippen LogP contribution >= 0.6 is 11.5 Å². The van der Waals surface area contributed by atoms with Crippen LogP contribution in [0.5, 0.6) is 0 Å². The van der Waals surface area contributed by atoms with Gasteiger partial charge in [0.15, 0.2) is 5.69 Å². The molecule has 21 heavy (non-hydrogen) atoms. The van der Waals surface area contributed by atoms with Crippen molar-refractivity contribution in [1.82, 2.24) is 24.5 Å². The highest BCUT2D eigenvalue weighted by atomic mass is 32.1. The normalized spacial score (nSPS) is 18.7. The summed E-state index contributed by atoms with van der Waals surface area (Å²) in [6.07, 6.45) is -1.82. The van der Waals surface area contributed by atoms with E-state index in [0.29, 0.717) is 31.3 Å². The Morgan fingerprint density at radius 3 is 3.00 bits per heavy atom. The van der Waals surface area contributed by atoms with E-state index in [-0.39, 0.29) is 0 Å². The Morgan fingerprint density at radius 2 is 2.29 bits per heavy atom. The Bertz CT molecular complexity index is 593. The summed E-state index contributed by atoms with van der Waals surface area (Å²) in [6, 6.07) is 0. The standard InChI is InChI=1S/C12H14F3N5S/c13-12(14,15)10-6-20-5-8(1-2-11(20)17-10)3-16-4-9-7-21-19-18-9/h6-8,16H,1-5H2. The maximum Gasteiger partial charge on any atom is 0.434 e. The largest absolute Gasteiger partial charge is 0.434 e. The first-order chi connectivity index (χ1) is 10.0. The molecule has 0 aromatic carbocycles. The van der Waals surface area contributed by atoms with Gasteiger partial charge in [-0.05, 0) is 23.9 Å². The molecule has 5 nitrogen and oxygen atoms in total. The molecule has 3 heterocycles. The van der Waals surface area contributed by atoms with Crippen LogP contribution in [0.25, 0.3) is 0 Å². The minimum Gasteiger partial charge on any atom is -0.334 e. The molecule has 0 amide bonds. The van der Waals surface area contributed by atoms with E-state index >= 15 is 0 Å². The van der Waals surface area contributed by atoms with Gasteiger partial charge in [0.1, 0.15) is 5.82 Å². The van der Waals surface area contributed by atoms with E-state index in [1.807, 2.05) is 5.38 Å². The molecule has 114 valence electrons. The molecule has 1 atom stereocenters. The van der Waals surface area contributed by atoms with Crippen LogP contribution in [0, 0.1) is 5.92 Å². The molecule has 1 unspecified atom stereocenters. The molecule has 1 aliphatic rings. The average molecular weight is 317 g/mol. The number of fused-ring (bicyclic) bond motifs is 1. The predicted molar refractivity (Wildman–Crippen MR) is 70.7 cm³/mol. The number of hydrogen-bond acceptors (Lipinski definition) is 5. The van der Waals surface area contributed by atoms with Crippen molar-refractivity contribution < 1.29 is 13.2 Å². The van der Waals surface area contributed by atoms with Crippen LogP contribution in [0.2, 0.25) is 0 Å². The monoisotopic (exact) mass is 317 g/mol. The van der Waals surface area contributed by atoms with E-state index in [9.17, 15) is 13.2 Å². The Balaban J connectivity index is 1.56. The molecule has 0 saturated carbocycles. The summed E-state index contributed by atoms with van der Waals surface area (Å²) in [4.78, 5) is 3.68. The zero-order valence-corrected chi connectivity index (χ0v) is 11.9. The smallest absolute Gasteiger partial charge is 0.334 e. The molecule has 0 aliphatic carbocycles. The first-order valence-corrected chi connectivity index (χ1v) is 7.46. The van der Waals surface area contributed by atoms with Crippen molar-refractivity contribution in [2.75, 3.05) is 6.54 Å². The fourth-order valence-electron chi connectivity index (χ4n) is 2.48. The molecule has 3 rings (SSSR count). The minimum absolute atomic E-state index is 0.305. The molecule has 0 spiro atoms. The molecule has 1 N–H and O–H groups in total. The molecule has 0 saturated heterocycles. The quantitative estimate of drug-likeness (QED) is 0.938. The van der Waals surface area contributed by atoms with Crippen LogP contribution in [0.1, 0.15) is 23.6 Å². The maximum atomic E-state index is 12.6. The molecular weight excluding hydrogens is 303 g/mol. The third-order valence-corrected chi connectivity index (χ3v) is 4.08. The minimum atomic E-state index is -4.37. The van der Waals surface area contributed by atoms with Crippen LogP contribution in [-0.4, -0.2) is 25.7 Å². The molecule has 9 heteroatoms. The second-order valence-electron chi connectivity index (χ2n) is 5.12. The number of alkyl halides is 3. The summed E-state index contributed by atoms with van der Waals surface area (Å²) >= 11 is 1.30. The molecule has 1 aliphatic heterocycles. The van der Waals surface area contributed by atoms with Gasteiger partial charge in [-0.3, -0.25) is 0 Å². The second kappa shape index (κ2) is 5.72. The summed E-state index contributed by atoms with van der Waals surface area (Å²) in [6.45, 7) is 1.95. The second-order valence-corrected chi connectivity index (χ2v) is 5.73. The number of aromatic nitrogens is 4. The fourth-order valence-corrected chi connectivity index (χ4v) is 2.93. The third-order valence-electron chi connectivity index (χ3n) is 3.52. The Labute approximate surface area is 123 Å². The summed E-state index contributed by atoms with van der Waals surface area (Å²) < 4.78 is 43.3. The lowest BCUT2D eigenvalue weighted by atomic mass is 9.99. The highest BCUT2D eigenvalue weighted by Gasteiger charge is 2.35. The summed E-state index contributed by atoms with van der Waals surface area (Å²) in [5, 5.41) is 9.08. The van der Waals surface area contributed by atoms with Crippen LogP contribution in [0.4, 0.5) is 13.2 Å². The van der Waals surface area contributed by atoms with E-state index in [1.165, 1.54) is 11.5 Å². The van der Waals surface area contributed by atoms with Crippen molar-refractivity contribution in [3.8, 4) is 0 Å². The maximum absolute atomic E-state index is 12.6. The Morgan fingerprint density at radius 1 is 1.43 bits per heavy atom. The number of nitrogens with one attached hydrogen (secondary N) is 1. The van der Waals surface area contributed by atoms with Crippen molar-refractivity contribution in [2.24, 2.45) is 5.92 Å². The van der Waals surface area contributed by atoms with Crippen molar-refractivity contribution in [3.63, 3.8) is 0 Å². The molecular formula is C12H14F3N5S. The highest BCUT2D eigenvalue weighted by Crippen LogP contribution is 2.30. The van der Waals surface area contributed by atoms with Gasteiger partial charge in [-0.15, -0.1) is 5.10 Å². The molecule has 0 fully saturated rings. The number of rotatable bonds is 4. The number of imidazole rings is 1. The first-order valence-electron chi connectivity index (χ1n) is 6.62. The first kappa shape index (κ1) is 14.5.